The summed E-state index contributed by atoms with van der Waals surface area (Å²) in [6.07, 6.45) is 1.71. The van der Waals surface area contributed by atoms with Gasteiger partial charge in [0.15, 0.2) is 0 Å². The fourth-order valence-corrected chi connectivity index (χ4v) is 7.76. The Bertz CT molecular complexity index is 2430. The second-order valence-electron chi connectivity index (χ2n) is 11.7. The van der Waals surface area contributed by atoms with Crippen LogP contribution < -0.4 is 0 Å². The number of benzene rings is 6. The van der Waals surface area contributed by atoms with E-state index in [0.717, 1.165) is 27.6 Å². The Kier molecular flexibility index (Phi) is 5.24. The zero-order chi connectivity index (χ0) is 30.1. The zero-order valence-corrected chi connectivity index (χ0v) is 24.1. The first-order valence-electron chi connectivity index (χ1n) is 15.0. The molecule has 0 aliphatic heterocycles. The van der Waals surface area contributed by atoms with Gasteiger partial charge in [-0.25, -0.2) is 0 Å². The third kappa shape index (κ3) is 3.41. The monoisotopic (exact) mass is 569 g/mol. The van der Waals surface area contributed by atoms with Gasteiger partial charge >= 0.3 is 0 Å². The Morgan fingerprint density at radius 3 is 2.02 bits per heavy atom. The minimum absolute atomic E-state index is 0.395. The zero-order valence-electron chi connectivity index (χ0n) is 24.1. The van der Waals surface area contributed by atoms with Crippen molar-refractivity contribution in [1.29, 1.82) is 5.26 Å². The van der Waals surface area contributed by atoms with Crippen molar-refractivity contribution in [2.24, 2.45) is 0 Å². The number of rotatable bonds is 2. The molecular weight excluding hydrogens is 546 g/mol. The highest BCUT2D eigenvalue weighted by atomic mass is 14.8. The average Bonchev–Trinajstić information content (AvgIpc) is 3.58. The summed E-state index contributed by atoms with van der Waals surface area (Å²) in [7, 11) is 0. The number of nitrogens with zero attached hydrogens (tertiary/aromatic N) is 3. The summed E-state index contributed by atoms with van der Waals surface area (Å²) in [5.41, 5.74) is 14.5. The van der Waals surface area contributed by atoms with E-state index in [4.69, 9.17) is 6.57 Å². The maximum atomic E-state index is 9.62. The number of fused-ring (bicyclic) bond motifs is 12. The SMILES string of the molecule is [C-]#[N+]c1cc(-c2ccc3c4c(ccc3c2)-c2ccc(-c3cccc(C#N)c3)cc2C42c3ccccc3-c3ccccc32)ccn1. The molecule has 0 radical (unpaired) electrons. The van der Waals surface area contributed by atoms with Crippen LogP contribution in [0.1, 0.15) is 27.8 Å². The summed E-state index contributed by atoms with van der Waals surface area (Å²) >= 11 is 0. The molecule has 0 bridgehead atoms. The molecule has 0 saturated heterocycles. The molecule has 6 aromatic carbocycles. The molecule has 0 unspecified atom stereocenters. The first-order chi connectivity index (χ1) is 22.2. The van der Waals surface area contributed by atoms with E-state index in [1.165, 1.54) is 49.9 Å². The molecule has 9 rings (SSSR count). The normalized spacial score (nSPS) is 13.0. The Morgan fingerprint density at radius 2 is 1.24 bits per heavy atom. The Morgan fingerprint density at radius 1 is 0.578 bits per heavy atom. The van der Waals surface area contributed by atoms with Crippen LogP contribution in [0.5, 0.6) is 0 Å². The van der Waals surface area contributed by atoms with Crippen LogP contribution in [0, 0.1) is 17.9 Å². The fourth-order valence-electron chi connectivity index (χ4n) is 7.76. The van der Waals surface area contributed by atoms with E-state index < -0.39 is 5.41 Å². The van der Waals surface area contributed by atoms with Crippen LogP contribution in [-0.4, -0.2) is 4.98 Å². The second kappa shape index (κ2) is 9.35. The summed E-state index contributed by atoms with van der Waals surface area (Å²) in [6, 6.07) is 49.7. The molecule has 0 fully saturated rings. The fraction of sp³-hybridized carbons (Fsp3) is 0.0238. The molecular formula is C42H23N3. The lowest BCUT2D eigenvalue weighted by Gasteiger charge is -2.31. The van der Waals surface area contributed by atoms with Gasteiger partial charge in [0.1, 0.15) is 6.20 Å². The Labute approximate surface area is 261 Å². The third-order valence-electron chi connectivity index (χ3n) is 9.58. The number of nitriles is 1. The van der Waals surface area contributed by atoms with E-state index in [1.54, 1.807) is 6.20 Å². The van der Waals surface area contributed by atoms with E-state index in [-0.39, 0.29) is 0 Å². The lowest BCUT2D eigenvalue weighted by atomic mass is 9.69. The topological polar surface area (TPSA) is 41.0 Å². The number of hydrogen-bond donors (Lipinski definition) is 0. The van der Waals surface area contributed by atoms with Crippen molar-refractivity contribution in [2.45, 2.75) is 5.41 Å². The number of pyridine rings is 1. The van der Waals surface area contributed by atoms with Crippen LogP contribution in [-0.2, 0) is 5.41 Å². The van der Waals surface area contributed by atoms with Crippen molar-refractivity contribution < 1.29 is 0 Å². The largest absolute Gasteiger partial charge is 0.361 e. The standard InChI is InChI=1S/C42H23N3/c1-44-40-24-30(19-20-45-40)28-13-16-32-31(22-28)15-18-36-35-17-14-29(27-8-6-7-26(21-27)25-43)23-39(35)42(41(32)36)37-11-4-2-9-33(37)34-10-3-5-12-38(34)42/h2-24H. The molecule has 0 N–H and O–H groups in total. The van der Waals surface area contributed by atoms with Gasteiger partial charge in [-0.3, -0.25) is 0 Å². The van der Waals surface area contributed by atoms with E-state index >= 15 is 0 Å². The van der Waals surface area contributed by atoms with E-state index in [2.05, 4.69) is 119 Å². The van der Waals surface area contributed by atoms with Crippen LogP contribution in [0.4, 0.5) is 5.82 Å². The molecule has 7 aromatic rings. The van der Waals surface area contributed by atoms with Crippen molar-refractivity contribution in [1.82, 2.24) is 4.98 Å². The molecule has 3 nitrogen and oxygen atoms in total. The molecule has 0 amide bonds. The first kappa shape index (κ1) is 25.2. The highest BCUT2D eigenvalue weighted by molar-refractivity contribution is 6.05. The van der Waals surface area contributed by atoms with E-state index in [0.29, 0.717) is 11.4 Å². The maximum Gasteiger partial charge on any atom is 0.270 e. The minimum Gasteiger partial charge on any atom is -0.361 e. The minimum atomic E-state index is -0.504. The van der Waals surface area contributed by atoms with Crippen molar-refractivity contribution in [3.05, 3.63) is 179 Å². The van der Waals surface area contributed by atoms with E-state index in [1.807, 2.05) is 30.3 Å². The molecule has 1 heterocycles. The Hall–Kier alpha value is -6.29. The first-order valence-corrected chi connectivity index (χ1v) is 15.0. The predicted octanol–water partition coefficient (Wildman–Crippen LogP) is 10.3. The quantitative estimate of drug-likeness (QED) is 0.194. The van der Waals surface area contributed by atoms with Crippen LogP contribution in [0.3, 0.4) is 0 Å². The van der Waals surface area contributed by atoms with Crippen molar-refractivity contribution in [3.63, 3.8) is 0 Å². The van der Waals surface area contributed by atoms with E-state index in [9.17, 15) is 5.26 Å². The van der Waals surface area contributed by atoms with Gasteiger partial charge in [-0.2, -0.15) is 5.26 Å². The number of hydrogen-bond acceptors (Lipinski definition) is 2. The molecule has 3 heteroatoms. The van der Waals surface area contributed by atoms with Crippen molar-refractivity contribution in [3.8, 4) is 50.6 Å². The molecule has 206 valence electrons. The highest BCUT2D eigenvalue weighted by Gasteiger charge is 2.52. The molecule has 1 aromatic heterocycles. The molecule has 0 atom stereocenters. The smallest absolute Gasteiger partial charge is 0.270 e. The summed E-state index contributed by atoms with van der Waals surface area (Å²) in [4.78, 5) is 7.72. The second-order valence-corrected chi connectivity index (χ2v) is 11.7. The summed E-state index contributed by atoms with van der Waals surface area (Å²) in [5.74, 6) is 0.395. The number of aromatic nitrogens is 1. The van der Waals surface area contributed by atoms with Gasteiger partial charge in [-0.05, 0) is 114 Å². The molecule has 45 heavy (non-hydrogen) atoms. The van der Waals surface area contributed by atoms with Gasteiger partial charge in [-0.15, -0.1) is 4.98 Å². The third-order valence-corrected chi connectivity index (χ3v) is 9.58. The van der Waals surface area contributed by atoms with Crippen LogP contribution in [0.15, 0.2) is 140 Å². The van der Waals surface area contributed by atoms with Gasteiger partial charge < -0.3 is 4.85 Å². The maximum absolute atomic E-state index is 9.62. The lowest BCUT2D eigenvalue weighted by molar-refractivity contribution is 0.801. The lowest BCUT2D eigenvalue weighted by Crippen LogP contribution is -2.26. The van der Waals surface area contributed by atoms with Gasteiger partial charge in [0.05, 0.1) is 17.0 Å². The van der Waals surface area contributed by atoms with Crippen LogP contribution in [0.2, 0.25) is 0 Å². The molecule has 0 saturated carbocycles. The van der Waals surface area contributed by atoms with Gasteiger partial charge in [-0.1, -0.05) is 104 Å². The molecule has 2 aliphatic rings. The summed E-state index contributed by atoms with van der Waals surface area (Å²) < 4.78 is 0. The summed E-state index contributed by atoms with van der Waals surface area (Å²) in [5, 5.41) is 12.0. The van der Waals surface area contributed by atoms with Crippen LogP contribution in [0.25, 0.3) is 60.1 Å². The van der Waals surface area contributed by atoms with Crippen molar-refractivity contribution in [2.75, 3.05) is 0 Å². The van der Waals surface area contributed by atoms with Gasteiger partial charge in [0.25, 0.3) is 5.82 Å². The predicted molar refractivity (Wildman–Crippen MR) is 180 cm³/mol. The molecule has 1 spiro atoms. The summed E-state index contributed by atoms with van der Waals surface area (Å²) in [6.45, 7) is 7.43. The van der Waals surface area contributed by atoms with Gasteiger partial charge in [0.2, 0.25) is 0 Å². The van der Waals surface area contributed by atoms with Crippen LogP contribution >= 0.6 is 0 Å². The average molecular weight is 570 g/mol. The Balaban J connectivity index is 1.37. The van der Waals surface area contributed by atoms with Crippen molar-refractivity contribution >= 4 is 16.6 Å². The van der Waals surface area contributed by atoms with Gasteiger partial charge in [0, 0.05) is 0 Å². The highest BCUT2D eigenvalue weighted by Crippen LogP contribution is 2.64. The molecule has 2 aliphatic carbocycles.